The third kappa shape index (κ3) is 3.42. The van der Waals surface area contributed by atoms with Crippen LogP contribution >= 0.6 is 0 Å². The lowest BCUT2D eigenvalue weighted by molar-refractivity contribution is -0.0573. The Morgan fingerprint density at radius 1 is 1.00 bits per heavy atom. The van der Waals surface area contributed by atoms with Crippen molar-refractivity contribution in [3.8, 4) is 0 Å². The van der Waals surface area contributed by atoms with Crippen LogP contribution in [0.25, 0.3) is 0 Å². The van der Waals surface area contributed by atoms with E-state index in [1.54, 1.807) is 5.57 Å². The van der Waals surface area contributed by atoms with Crippen LogP contribution in [0.4, 0.5) is 0 Å². The quantitative estimate of drug-likeness (QED) is 0.488. The van der Waals surface area contributed by atoms with Crippen LogP contribution in [0.15, 0.2) is 11.6 Å². The molecule has 0 saturated heterocycles. The van der Waals surface area contributed by atoms with E-state index < -0.39 is 0 Å². The number of hydrogen-bond donors (Lipinski definition) is 1. The van der Waals surface area contributed by atoms with E-state index >= 15 is 0 Å². The van der Waals surface area contributed by atoms with Crippen LogP contribution < -0.4 is 0 Å². The molecule has 3 fully saturated rings. The van der Waals surface area contributed by atoms with Crippen LogP contribution in [0.3, 0.4) is 0 Å². The normalized spacial score (nSPS) is 46.5. The molecule has 1 heteroatoms. The molecule has 0 bridgehead atoms. The maximum absolute atomic E-state index is 10.2. The molecule has 3 saturated carbocycles. The van der Waals surface area contributed by atoms with Gasteiger partial charge in [0, 0.05) is 0 Å². The van der Waals surface area contributed by atoms with Crippen molar-refractivity contribution in [2.75, 3.05) is 0 Å². The van der Waals surface area contributed by atoms with E-state index in [0.717, 1.165) is 48.3 Å². The monoisotopic (exact) mass is 386 g/mol. The molecule has 4 aliphatic carbocycles. The zero-order valence-corrected chi connectivity index (χ0v) is 19.3. The molecule has 0 aromatic rings. The van der Waals surface area contributed by atoms with Gasteiger partial charge in [-0.05, 0) is 97.7 Å². The van der Waals surface area contributed by atoms with Crippen molar-refractivity contribution in [2.24, 2.45) is 46.3 Å². The Bertz CT molecular complexity index is 591. The Morgan fingerprint density at radius 2 is 1.79 bits per heavy atom. The molecule has 0 aliphatic heterocycles. The Balaban J connectivity index is 1.49. The standard InChI is InChI=1S/C27H46O/c1-18(2)7-6-8-19(3)23-11-12-24-22-10-9-20-17-21(28)13-15-26(20,4)25(22)14-16-27(23,24)5/h9,18-19,21-25,28H,6-8,10-17H2,1-5H3/t19?,21-,22-,23?,24-,25-,26-,27+/m0/s1. The lowest BCUT2D eigenvalue weighted by atomic mass is 9.47. The Labute approximate surface area is 174 Å². The highest BCUT2D eigenvalue weighted by atomic mass is 16.3. The van der Waals surface area contributed by atoms with Crippen LogP contribution in [-0.4, -0.2) is 11.2 Å². The predicted octanol–water partition coefficient (Wildman–Crippen LogP) is 7.39. The van der Waals surface area contributed by atoms with Crippen LogP contribution in [0.5, 0.6) is 0 Å². The van der Waals surface area contributed by atoms with Crippen LogP contribution in [0.2, 0.25) is 0 Å². The first kappa shape index (κ1) is 21.0. The highest BCUT2D eigenvalue weighted by Crippen LogP contribution is 2.67. The number of allylic oxidation sites excluding steroid dienone is 1. The van der Waals surface area contributed by atoms with Gasteiger partial charge in [0.25, 0.3) is 0 Å². The van der Waals surface area contributed by atoms with Crippen molar-refractivity contribution >= 4 is 0 Å². The Kier molecular flexibility index (Phi) is 5.80. The zero-order valence-electron chi connectivity index (χ0n) is 19.3. The van der Waals surface area contributed by atoms with Crippen molar-refractivity contribution in [3.05, 3.63) is 11.6 Å². The van der Waals surface area contributed by atoms with Crippen molar-refractivity contribution in [1.82, 2.24) is 0 Å². The summed E-state index contributed by atoms with van der Waals surface area (Å²) in [6, 6.07) is 0. The van der Waals surface area contributed by atoms with E-state index in [1.807, 2.05) is 0 Å². The average molecular weight is 387 g/mol. The fraction of sp³-hybridized carbons (Fsp3) is 0.926. The summed E-state index contributed by atoms with van der Waals surface area (Å²) >= 11 is 0. The molecule has 2 unspecified atom stereocenters. The van der Waals surface area contributed by atoms with Crippen molar-refractivity contribution in [1.29, 1.82) is 0 Å². The molecular weight excluding hydrogens is 340 g/mol. The first-order valence-electron chi connectivity index (χ1n) is 12.6. The number of fused-ring (bicyclic) bond motifs is 5. The minimum absolute atomic E-state index is 0.0766. The first-order valence-corrected chi connectivity index (χ1v) is 12.6. The lowest BCUT2D eigenvalue weighted by Gasteiger charge is -2.58. The summed E-state index contributed by atoms with van der Waals surface area (Å²) in [5, 5.41) is 10.2. The smallest absolute Gasteiger partial charge is 0.0577 e. The summed E-state index contributed by atoms with van der Waals surface area (Å²) in [5.41, 5.74) is 2.60. The van der Waals surface area contributed by atoms with Gasteiger partial charge in [-0.1, -0.05) is 65.5 Å². The molecule has 4 rings (SSSR count). The second kappa shape index (κ2) is 7.75. The van der Waals surface area contributed by atoms with Gasteiger partial charge < -0.3 is 5.11 Å². The molecule has 0 amide bonds. The maximum Gasteiger partial charge on any atom is 0.0577 e. The fourth-order valence-corrected chi connectivity index (χ4v) is 8.67. The van der Waals surface area contributed by atoms with Crippen LogP contribution in [0.1, 0.15) is 105 Å². The predicted molar refractivity (Wildman–Crippen MR) is 119 cm³/mol. The minimum atomic E-state index is -0.0766. The lowest BCUT2D eigenvalue weighted by Crippen LogP contribution is -2.50. The fourth-order valence-electron chi connectivity index (χ4n) is 8.67. The molecule has 1 N–H and O–H groups in total. The Morgan fingerprint density at radius 3 is 2.54 bits per heavy atom. The van der Waals surface area contributed by atoms with E-state index in [9.17, 15) is 5.11 Å². The minimum Gasteiger partial charge on any atom is -0.393 e. The molecule has 0 aromatic carbocycles. The summed E-state index contributed by atoms with van der Waals surface area (Å²) in [6.45, 7) is 12.6. The molecule has 0 heterocycles. The second-order valence-electron chi connectivity index (χ2n) is 12.2. The van der Waals surface area contributed by atoms with Gasteiger partial charge >= 0.3 is 0 Å². The van der Waals surface area contributed by atoms with Gasteiger partial charge in [0.1, 0.15) is 0 Å². The molecule has 0 spiro atoms. The van der Waals surface area contributed by atoms with E-state index in [-0.39, 0.29) is 6.10 Å². The molecule has 0 aromatic heterocycles. The largest absolute Gasteiger partial charge is 0.393 e. The van der Waals surface area contributed by atoms with E-state index in [1.165, 1.54) is 57.8 Å². The topological polar surface area (TPSA) is 20.2 Å². The first-order chi connectivity index (χ1) is 13.3. The molecular formula is C27H46O. The van der Waals surface area contributed by atoms with Gasteiger partial charge in [0.05, 0.1) is 6.10 Å². The van der Waals surface area contributed by atoms with Crippen LogP contribution in [-0.2, 0) is 0 Å². The number of aliphatic hydroxyl groups excluding tert-OH is 1. The van der Waals surface area contributed by atoms with Crippen molar-refractivity contribution < 1.29 is 5.11 Å². The number of aliphatic hydroxyl groups is 1. The number of rotatable bonds is 5. The maximum atomic E-state index is 10.2. The zero-order chi connectivity index (χ0) is 20.1. The van der Waals surface area contributed by atoms with E-state index in [2.05, 4.69) is 40.7 Å². The highest BCUT2D eigenvalue weighted by Gasteiger charge is 2.59. The van der Waals surface area contributed by atoms with E-state index in [0.29, 0.717) is 10.8 Å². The number of hydrogen-bond acceptors (Lipinski definition) is 1. The molecule has 8 atom stereocenters. The summed E-state index contributed by atoms with van der Waals surface area (Å²) in [5.74, 6) is 5.46. The summed E-state index contributed by atoms with van der Waals surface area (Å²) < 4.78 is 0. The van der Waals surface area contributed by atoms with Gasteiger partial charge in [-0.25, -0.2) is 0 Å². The molecule has 0 radical (unpaired) electrons. The van der Waals surface area contributed by atoms with Gasteiger partial charge in [-0.15, -0.1) is 0 Å². The SMILES string of the molecule is CC(C)CCCC(C)C1CC[C@H]2[C@@H]3CC=C4C[C@@H](O)CC[C@]4(C)[C@H]3CC[C@]12C. The third-order valence-electron chi connectivity index (χ3n) is 10.3. The van der Waals surface area contributed by atoms with Crippen LogP contribution in [0, 0.1) is 46.3 Å². The summed E-state index contributed by atoms with van der Waals surface area (Å²) in [4.78, 5) is 0. The summed E-state index contributed by atoms with van der Waals surface area (Å²) in [6.07, 6.45) is 17.2. The molecule has 1 nitrogen and oxygen atoms in total. The average Bonchev–Trinajstić information content (AvgIpc) is 2.99. The van der Waals surface area contributed by atoms with E-state index in [4.69, 9.17) is 0 Å². The van der Waals surface area contributed by atoms with Crippen molar-refractivity contribution in [3.63, 3.8) is 0 Å². The molecule has 160 valence electrons. The Hall–Kier alpha value is -0.300. The molecule has 28 heavy (non-hydrogen) atoms. The van der Waals surface area contributed by atoms with Gasteiger partial charge in [0.2, 0.25) is 0 Å². The third-order valence-corrected chi connectivity index (χ3v) is 10.3. The van der Waals surface area contributed by atoms with Gasteiger partial charge in [-0.3, -0.25) is 0 Å². The molecule has 4 aliphatic rings. The second-order valence-corrected chi connectivity index (χ2v) is 12.2. The summed E-state index contributed by atoms with van der Waals surface area (Å²) in [7, 11) is 0. The van der Waals surface area contributed by atoms with Gasteiger partial charge in [-0.2, -0.15) is 0 Å². The van der Waals surface area contributed by atoms with Crippen molar-refractivity contribution in [2.45, 2.75) is 111 Å². The van der Waals surface area contributed by atoms with Gasteiger partial charge in [0.15, 0.2) is 0 Å². The highest BCUT2D eigenvalue weighted by molar-refractivity contribution is 5.25.